The van der Waals surface area contributed by atoms with Gasteiger partial charge in [0.2, 0.25) is 0 Å². The Morgan fingerprint density at radius 3 is 1.02 bits per heavy atom. The first-order chi connectivity index (χ1) is 18.9. The number of anilines is 2. The Kier molecular flexibility index (Phi) is 7.52. The molecule has 0 saturated heterocycles. The van der Waals surface area contributed by atoms with E-state index in [9.17, 15) is 52.7 Å². The summed E-state index contributed by atoms with van der Waals surface area (Å²) < 4.78 is 162. The molecule has 0 spiro atoms. The summed E-state index contributed by atoms with van der Waals surface area (Å²) in [6.07, 6.45) is -20.5. The minimum Gasteiger partial charge on any atom is -0.355 e. The number of alkyl halides is 12. The molecule has 41 heavy (non-hydrogen) atoms. The summed E-state index contributed by atoms with van der Waals surface area (Å²) in [6, 6.07) is 12.3. The van der Waals surface area contributed by atoms with Gasteiger partial charge in [-0.1, -0.05) is 48.5 Å². The second kappa shape index (κ2) is 10.3. The Hall–Kier alpha value is -4.16. The van der Waals surface area contributed by atoms with Crippen LogP contribution in [0.1, 0.15) is 22.3 Å². The van der Waals surface area contributed by atoms with Crippen molar-refractivity contribution in [2.24, 2.45) is 0 Å². The van der Waals surface area contributed by atoms with Crippen LogP contribution in [0.15, 0.2) is 84.9 Å². The van der Waals surface area contributed by atoms with Crippen molar-refractivity contribution in [3.63, 3.8) is 0 Å². The topological polar surface area (TPSA) is 12.0 Å². The summed E-state index contributed by atoms with van der Waals surface area (Å²) in [5.41, 5.74) is -8.25. The molecule has 0 aliphatic carbocycles. The summed E-state index contributed by atoms with van der Waals surface area (Å²) in [7, 11) is 0. The number of halogens is 12. The highest BCUT2D eigenvalue weighted by Gasteiger charge is 2.40. The first-order valence-electron chi connectivity index (χ1n) is 11.4. The lowest BCUT2D eigenvalue weighted by atomic mass is 9.94. The van der Waals surface area contributed by atoms with E-state index in [1.807, 2.05) is 0 Å². The molecule has 1 N–H and O–H groups in total. The Labute approximate surface area is 224 Å². The largest absolute Gasteiger partial charge is 0.417 e. The number of nitrogens with one attached hydrogen (secondary N) is 1. The maximum atomic E-state index is 13.8. The Morgan fingerprint density at radius 2 is 0.707 bits per heavy atom. The maximum Gasteiger partial charge on any atom is 0.417 e. The molecule has 13 heteroatoms. The fourth-order valence-corrected chi connectivity index (χ4v) is 4.18. The van der Waals surface area contributed by atoms with E-state index in [4.69, 9.17) is 0 Å². The van der Waals surface area contributed by atoms with Gasteiger partial charge in [0, 0.05) is 22.5 Å². The van der Waals surface area contributed by atoms with Crippen LogP contribution in [0, 0.1) is 0 Å². The molecule has 0 heterocycles. The summed E-state index contributed by atoms with van der Waals surface area (Å²) in [5, 5.41) is 2.71. The Morgan fingerprint density at radius 1 is 0.366 bits per heavy atom. The van der Waals surface area contributed by atoms with E-state index in [1.54, 1.807) is 0 Å². The summed E-state index contributed by atoms with van der Waals surface area (Å²) in [5.74, 6) is 0. The molecule has 0 radical (unpaired) electrons. The third kappa shape index (κ3) is 6.44. The van der Waals surface area contributed by atoms with E-state index in [0.29, 0.717) is 24.3 Å². The van der Waals surface area contributed by atoms with E-state index in [2.05, 4.69) is 5.32 Å². The molecule has 0 unspecified atom stereocenters. The smallest absolute Gasteiger partial charge is 0.355 e. The molecule has 0 atom stereocenters. The van der Waals surface area contributed by atoms with Gasteiger partial charge < -0.3 is 5.32 Å². The van der Waals surface area contributed by atoms with Crippen molar-refractivity contribution >= 4 is 11.4 Å². The lowest BCUT2D eigenvalue weighted by Crippen LogP contribution is -2.13. The molecular weight excluding hydrogens is 578 g/mol. The van der Waals surface area contributed by atoms with Crippen molar-refractivity contribution in [3.8, 4) is 22.3 Å². The minimum absolute atomic E-state index is 0.0438. The average molecular weight is 593 g/mol. The van der Waals surface area contributed by atoms with Gasteiger partial charge in [0.05, 0.1) is 22.3 Å². The van der Waals surface area contributed by atoms with E-state index in [0.717, 1.165) is 0 Å². The molecular formula is C28H15F12N. The van der Waals surface area contributed by atoms with Crippen LogP contribution in [-0.2, 0) is 24.7 Å². The van der Waals surface area contributed by atoms with Crippen LogP contribution in [0.5, 0.6) is 0 Å². The van der Waals surface area contributed by atoms with Crippen LogP contribution >= 0.6 is 0 Å². The monoisotopic (exact) mass is 593 g/mol. The van der Waals surface area contributed by atoms with Crippen LogP contribution < -0.4 is 5.32 Å². The zero-order chi connectivity index (χ0) is 30.4. The molecule has 0 fully saturated rings. The van der Waals surface area contributed by atoms with Crippen molar-refractivity contribution in [1.29, 1.82) is 0 Å². The second-order valence-corrected chi connectivity index (χ2v) is 8.73. The molecule has 0 bridgehead atoms. The van der Waals surface area contributed by atoms with Crippen molar-refractivity contribution in [1.82, 2.24) is 0 Å². The highest BCUT2D eigenvalue weighted by atomic mass is 19.4. The number of hydrogen-bond acceptors (Lipinski definition) is 1. The Balaban J connectivity index is 1.87. The highest BCUT2D eigenvalue weighted by molar-refractivity contribution is 5.88. The van der Waals surface area contributed by atoms with Crippen LogP contribution in [0.4, 0.5) is 64.1 Å². The van der Waals surface area contributed by atoms with Crippen molar-refractivity contribution in [2.45, 2.75) is 24.7 Å². The van der Waals surface area contributed by atoms with Gasteiger partial charge in [-0.3, -0.25) is 0 Å². The molecule has 4 aromatic carbocycles. The quantitative estimate of drug-likeness (QED) is 0.232. The zero-order valence-corrected chi connectivity index (χ0v) is 20.1. The molecule has 1 nitrogen and oxygen atoms in total. The van der Waals surface area contributed by atoms with Crippen LogP contribution in [-0.4, -0.2) is 0 Å². The van der Waals surface area contributed by atoms with Crippen LogP contribution in [0.3, 0.4) is 0 Å². The van der Waals surface area contributed by atoms with Gasteiger partial charge in [0.25, 0.3) is 0 Å². The van der Waals surface area contributed by atoms with E-state index >= 15 is 0 Å². The summed E-state index contributed by atoms with van der Waals surface area (Å²) in [4.78, 5) is 0. The van der Waals surface area contributed by atoms with Gasteiger partial charge >= 0.3 is 24.7 Å². The van der Waals surface area contributed by atoms with Gasteiger partial charge in [0.1, 0.15) is 0 Å². The molecule has 0 aliphatic heterocycles. The predicted molar refractivity (Wildman–Crippen MR) is 127 cm³/mol. The molecule has 0 amide bonds. The van der Waals surface area contributed by atoms with Gasteiger partial charge in [-0.05, 0) is 47.5 Å². The Bertz CT molecular complexity index is 1440. The first-order valence-corrected chi connectivity index (χ1v) is 11.4. The van der Waals surface area contributed by atoms with Crippen LogP contribution in [0.25, 0.3) is 22.3 Å². The first kappa shape index (κ1) is 29.8. The van der Waals surface area contributed by atoms with Gasteiger partial charge in [-0.2, -0.15) is 52.7 Å². The van der Waals surface area contributed by atoms with Gasteiger partial charge in [0.15, 0.2) is 0 Å². The molecule has 0 saturated carbocycles. The van der Waals surface area contributed by atoms with Crippen molar-refractivity contribution < 1.29 is 52.7 Å². The third-order valence-corrected chi connectivity index (χ3v) is 6.01. The summed E-state index contributed by atoms with van der Waals surface area (Å²) >= 11 is 0. The zero-order valence-electron chi connectivity index (χ0n) is 20.1. The molecule has 4 aromatic rings. The summed E-state index contributed by atoms with van der Waals surface area (Å²) in [6.45, 7) is 0. The third-order valence-electron chi connectivity index (χ3n) is 6.01. The normalized spacial score (nSPS) is 12.9. The molecule has 4 rings (SSSR count). The lowest BCUT2D eigenvalue weighted by Gasteiger charge is -2.21. The fourth-order valence-electron chi connectivity index (χ4n) is 4.18. The number of rotatable bonds is 4. The standard InChI is InChI=1S/C28H15F12N/c29-25(30,31)15-9-11-17(21(13-15)27(35,36)37)19-5-1-3-7-23(19)41-24-8-4-2-6-20(24)18-12-10-16(26(32,33)34)14-22(18)28(38,39)40/h1-14,41H. The minimum atomic E-state index is -5.20. The second-order valence-electron chi connectivity index (χ2n) is 8.73. The number of hydrogen-bond donors (Lipinski definition) is 1. The van der Waals surface area contributed by atoms with E-state index in [-0.39, 0.29) is 34.6 Å². The lowest BCUT2D eigenvalue weighted by molar-refractivity contribution is -0.144. The SMILES string of the molecule is FC(F)(F)c1ccc(-c2ccccc2Nc2ccccc2-c2ccc(C(F)(F)F)cc2C(F)(F)F)c(C(F)(F)F)c1. The van der Waals surface area contributed by atoms with Gasteiger partial charge in [-0.15, -0.1) is 0 Å². The van der Waals surface area contributed by atoms with Gasteiger partial charge in [-0.25, -0.2) is 0 Å². The fraction of sp³-hybridized carbons (Fsp3) is 0.143. The van der Waals surface area contributed by atoms with Crippen molar-refractivity contribution in [3.05, 3.63) is 107 Å². The molecule has 216 valence electrons. The average Bonchev–Trinajstić information content (AvgIpc) is 2.86. The number of para-hydroxylation sites is 2. The molecule has 0 aromatic heterocycles. The van der Waals surface area contributed by atoms with Crippen LogP contribution in [0.2, 0.25) is 0 Å². The molecule has 0 aliphatic rings. The number of benzene rings is 4. The van der Waals surface area contributed by atoms with E-state index in [1.165, 1.54) is 48.5 Å². The highest BCUT2D eigenvalue weighted by Crippen LogP contribution is 2.46. The predicted octanol–water partition coefficient (Wildman–Crippen LogP) is 10.8. The van der Waals surface area contributed by atoms with Crippen molar-refractivity contribution in [2.75, 3.05) is 5.32 Å². The maximum absolute atomic E-state index is 13.8. The van der Waals surface area contributed by atoms with E-state index < -0.39 is 58.1 Å².